The van der Waals surface area contributed by atoms with Gasteiger partial charge in [0, 0.05) is 32.7 Å². The molecule has 0 N–H and O–H groups in total. The van der Waals surface area contributed by atoms with Crippen molar-refractivity contribution in [2.45, 2.75) is 5.41 Å². The van der Waals surface area contributed by atoms with Gasteiger partial charge in [-0.25, -0.2) is 0 Å². The lowest BCUT2D eigenvalue weighted by atomic mass is 9.68. The van der Waals surface area contributed by atoms with Crippen molar-refractivity contribution in [2.75, 3.05) is 4.90 Å². The third-order valence-electron chi connectivity index (χ3n) is 14.4. The normalized spacial score (nSPS) is 12.8. The molecule has 0 radical (unpaired) electrons. The first-order valence-corrected chi connectivity index (χ1v) is 23.4. The Bertz CT molecular complexity index is 4010. The van der Waals surface area contributed by atoms with E-state index < -0.39 is 5.41 Å². The van der Waals surface area contributed by atoms with Gasteiger partial charge in [-0.15, -0.1) is 0 Å². The minimum atomic E-state index is -0.570. The van der Waals surface area contributed by atoms with E-state index in [1.54, 1.807) is 0 Å². The maximum atomic E-state index is 6.56. The Hall–Kier alpha value is -8.92. The van der Waals surface area contributed by atoms with Crippen molar-refractivity contribution in [2.24, 2.45) is 0 Å². The number of fused-ring (bicyclic) bond motifs is 10. The second-order valence-electron chi connectivity index (χ2n) is 17.9. The zero-order valence-electron chi connectivity index (χ0n) is 37.1. The summed E-state index contributed by atoms with van der Waals surface area (Å²) in [5, 5.41) is 7.03. The predicted octanol–water partition coefficient (Wildman–Crippen LogP) is 17.3. The van der Waals surface area contributed by atoms with Crippen molar-refractivity contribution < 1.29 is 4.42 Å². The fourth-order valence-corrected chi connectivity index (χ4v) is 11.6. The highest BCUT2D eigenvalue weighted by Gasteiger charge is 2.47. The van der Waals surface area contributed by atoms with Gasteiger partial charge in [0.25, 0.3) is 0 Å². The smallest absolute Gasteiger partial charge is 0.136 e. The van der Waals surface area contributed by atoms with Crippen LogP contribution in [0, 0.1) is 0 Å². The van der Waals surface area contributed by atoms with Gasteiger partial charge in [-0.05, 0) is 105 Å². The van der Waals surface area contributed by atoms with Crippen LogP contribution in [0.2, 0.25) is 0 Å². The largest absolute Gasteiger partial charge is 0.456 e. The zero-order valence-corrected chi connectivity index (χ0v) is 37.1. The molecule has 0 saturated carbocycles. The van der Waals surface area contributed by atoms with Crippen LogP contribution in [0.1, 0.15) is 22.3 Å². The lowest BCUT2D eigenvalue weighted by molar-refractivity contribution is 0.669. The van der Waals surface area contributed by atoms with Crippen LogP contribution >= 0.6 is 0 Å². The number of anilines is 3. The summed E-state index contributed by atoms with van der Waals surface area (Å²) in [6.45, 7) is 0. The summed E-state index contributed by atoms with van der Waals surface area (Å²) in [5.41, 5.74) is 17.5. The quantitative estimate of drug-likeness (QED) is 0.159. The number of hydrogen-bond acceptors (Lipinski definition) is 2. The summed E-state index contributed by atoms with van der Waals surface area (Å²) < 4.78 is 9.02. The number of aromatic nitrogens is 1. The molecule has 1 aliphatic carbocycles. The Morgan fingerprint density at radius 3 is 1.63 bits per heavy atom. The van der Waals surface area contributed by atoms with Gasteiger partial charge in [0.1, 0.15) is 11.2 Å². The minimum absolute atomic E-state index is 0.570. The van der Waals surface area contributed by atoms with Crippen LogP contribution in [-0.2, 0) is 5.41 Å². The van der Waals surface area contributed by atoms with Gasteiger partial charge in [0.15, 0.2) is 0 Å². The van der Waals surface area contributed by atoms with E-state index in [0.29, 0.717) is 0 Å². The van der Waals surface area contributed by atoms with Crippen LogP contribution < -0.4 is 4.90 Å². The number of benzene rings is 11. The molecule has 3 nitrogen and oxygen atoms in total. The Morgan fingerprint density at radius 2 is 0.897 bits per heavy atom. The number of rotatable bonds is 7. The van der Waals surface area contributed by atoms with Gasteiger partial charge < -0.3 is 13.9 Å². The molecule has 318 valence electrons. The van der Waals surface area contributed by atoms with E-state index in [9.17, 15) is 0 Å². The van der Waals surface area contributed by atoms with Crippen molar-refractivity contribution in [1.29, 1.82) is 0 Å². The molecule has 68 heavy (non-hydrogen) atoms. The SMILES string of the molecule is c1ccc(C2(c3ccccc3)c3ccccc3-c3c(N(c4ccccc4-c4ccc5oc6cc7ccccc7cc6c5c4)c4ccccc4-n4c5ccccc5c5ccccc54)cccc32)cc1. The van der Waals surface area contributed by atoms with Crippen LogP contribution in [0.5, 0.6) is 0 Å². The van der Waals surface area contributed by atoms with Gasteiger partial charge in [0.2, 0.25) is 0 Å². The van der Waals surface area contributed by atoms with Crippen molar-refractivity contribution in [3.8, 4) is 27.9 Å². The van der Waals surface area contributed by atoms with Crippen LogP contribution in [0.25, 0.3) is 82.5 Å². The maximum absolute atomic E-state index is 6.56. The fourth-order valence-electron chi connectivity index (χ4n) is 11.6. The highest BCUT2D eigenvalue weighted by atomic mass is 16.3. The molecule has 14 rings (SSSR count). The predicted molar refractivity (Wildman–Crippen MR) is 283 cm³/mol. The molecule has 0 saturated heterocycles. The van der Waals surface area contributed by atoms with Gasteiger partial charge in [-0.2, -0.15) is 0 Å². The molecule has 0 fully saturated rings. The van der Waals surface area contributed by atoms with E-state index in [1.807, 2.05) is 0 Å². The van der Waals surface area contributed by atoms with E-state index in [1.165, 1.54) is 54.9 Å². The third kappa shape index (κ3) is 5.54. The summed E-state index contributed by atoms with van der Waals surface area (Å²) in [6, 6.07) is 93.3. The first-order valence-electron chi connectivity index (χ1n) is 23.4. The van der Waals surface area contributed by atoms with E-state index in [0.717, 1.165) is 66.8 Å². The average Bonchev–Trinajstić information content (AvgIpc) is 4.05. The molecule has 0 atom stereocenters. The summed E-state index contributed by atoms with van der Waals surface area (Å²) in [7, 11) is 0. The molecule has 0 unspecified atom stereocenters. The van der Waals surface area contributed by atoms with E-state index in [4.69, 9.17) is 4.42 Å². The second kappa shape index (κ2) is 15.1. The fraction of sp³-hybridized carbons (Fsp3) is 0.0154. The van der Waals surface area contributed by atoms with Crippen LogP contribution in [0.3, 0.4) is 0 Å². The molecular weight excluding hydrogens is 825 g/mol. The third-order valence-corrected chi connectivity index (χ3v) is 14.4. The number of para-hydroxylation sites is 5. The summed E-state index contributed by atoms with van der Waals surface area (Å²) in [4.78, 5) is 2.54. The molecular formula is C65H42N2O. The first-order chi connectivity index (χ1) is 33.8. The summed E-state index contributed by atoms with van der Waals surface area (Å²) >= 11 is 0. The number of hydrogen-bond donors (Lipinski definition) is 0. The maximum Gasteiger partial charge on any atom is 0.136 e. The van der Waals surface area contributed by atoms with Gasteiger partial charge >= 0.3 is 0 Å². The highest BCUT2D eigenvalue weighted by molar-refractivity contribution is 6.13. The number of furan rings is 1. The average molecular weight is 867 g/mol. The standard InChI is InChI=1S/C65H42N2O/c1-3-22-46(23-4-1)65(47-24-5-2-6-25-47)54-30-13-9-29-51(54)64-55(65)31-19-37-61(64)67(60-36-18-17-35-59(60)66-57-33-15-11-27-49(57)50-28-12-16-34-58(50)66)56-32-14-10-26-48(56)45-38-39-62-52(41-45)53-40-43-20-7-8-21-44(43)42-63(53)68-62/h1-42H. The van der Waals surface area contributed by atoms with Gasteiger partial charge in [-0.3, -0.25) is 0 Å². The molecule has 1 aliphatic rings. The second-order valence-corrected chi connectivity index (χ2v) is 17.9. The van der Waals surface area contributed by atoms with Crippen molar-refractivity contribution >= 4 is 71.6 Å². The summed E-state index contributed by atoms with van der Waals surface area (Å²) in [5.74, 6) is 0. The Labute approximate surface area is 394 Å². The summed E-state index contributed by atoms with van der Waals surface area (Å²) in [6.07, 6.45) is 0. The lowest BCUT2D eigenvalue weighted by Crippen LogP contribution is -2.28. The van der Waals surface area contributed by atoms with Crippen molar-refractivity contribution in [3.05, 3.63) is 277 Å². The Kier molecular flexibility index (Phi) is 8.50. The van der Waals surface area contributed by atoms with Crippen LogP contribution in [0.4, 0.5) is 17.1 Å². The van der Waals surface area contributed by atoms with E-state index >= 15 is 0 Å². The minimum Gasteiger partial charge on any atom is -0.456 e. The number of nitrogens with zero attached hydrogens (tertiary/aromatic N) is 2. The van der Waals surface area contributed by atoms with Gasteiger partial charge in [0.05, 0.1) is 39.2 Å². The molecule has 0 bridgehead atoms. The van der Waals surface area contributed by atoms with Crippen LogP contribution in [-0.4, -0.2) is 4.57 Å². The molecule has 0 amide bonds. The molecule has 11 aromatic carbocycles. The van der Waals surface area contributed by atoms with Crippen molar-refractivity contribution in [3.63, 3.8) is 0 Å². The lowest BCUT2D eigenvalue weighted by Gasteiger charge is -2.35. The topological polar surface area (TPSA) is 21.3 Å². The molecule has 0 aliphatic heterocycles. The Morgan fingerprint density at radius 1 is 0.353 bits per heavy atom. The van der Waals surface area contributed by atoms with E-state index in [-0.39, 0.29) is 0 Å². The zero-order chi connectivity index (χ0) is 44.8. The van der Waals surface area contributed by atoms with Crippen LogP contribution in [0.15, 0.2) is 259 Å². The molecule has 3 heteroatoms. The molecule has 0 spiro atoms. The van der Waals surface area contributed by atoms with Crippen molar-refractivity contribution in [1.82, 2.24) is 4.57 Å². The molecule has 2 heterocycles. The monoisotopic (exact) mass is 866 g/mol. The molecule has 13 aromatic rings. The van der Waals surface area contributed by atoms with Gasteiger partial charge in [-0.1, -0.05) is 194 Å². The Balaban J connectivity index is 1.09. The molecule has 2 aromatic heterocycles. The highest BCUT2D eigenvalue weighted by Crippen LogP contribution is 2.60. The van der Waals surface area contributed by atoms with E-state index in [2.05, 4.69) is 264 Å². The first kappa shape index (κ1) is 38.4.